The number of nitrogens with zero attached hydrogens (tertiary/aromatic N) is 2. The van der Waals surface area contributed by atoms with E-state index in [1.165, 1.54) is 32.1 Å². The summed E-state index contributed by atoms with van der Waals surface area (Å²) in [7, 11) is 3.90. The van der Waals surface area contributed by atoms with Crippen LogP contribution in [0, 0.1) is 11.3 Å². The van der Waals surface area contributed by atoms with Gasteiger partial charge < -0.3 is 9.64 Å². The molecular formula is C16H28N2O. The lowest BCUT2D eigenvalue weighted by atomic mass is 10.1. The molecular weight excluding hydrogens is 236 g/mol. The molecule has 0 fully saturated rings. The van der Waals surface area contributed by atoms with Crippen molar-refractivity contribution in [3.05, 3.63) is 23.9 Å². The molecule has 0 aliphatic heterocycles. The zero-order valence-corrected chi connectivity index (χ0v) is 12.7. The normalized spacial score (nSPS) is 11.8. The van der Waals surface area contributed by atoms with Crippen LogP contribution in [0.4, 0.5) is 0 Å². The zero-order valence-electron chi connectivity index (χ0n) is 12.7. The van der Waals surface area contributed by atoms with E-state index in [1.807, 2.05) is 31.3 Å². The smallest absolute Gasteiger partial charge is 0.0971 e. The molecule has 3 nitrogen and oxygen atoms in total. The highest BCUT2D eigenvalue weighted by Crippen LogP contribution is 2.05. The fourth-order valence-corrected chi connectivity index (χ4v) is 1.62. The molecule has 0 spiro atoms. The van der Waals surface area contributed by atoms with Gasteiger partial charge in [-0.25, -0.2) is 0 Å². The van der Waals surface area contributed by atoms with E-state index in [4.69, 9.17) is 10.00 Å². The number of hydrogen-bond donors (Lipinski definition) is 0. The van der Waals surface area contributed by atoms with Gasteiger partial charge in [0, 0.05) is 20.7 Å². The van der Waals surface area contributed by atoms with Gasteiger partial charge in [0.15, 0.2) is 0 Å². The van der Waals surface area contributed by atoms with Gasteiger partial charge in [-0.15, -0.1) is 0 Å². The van der Waals surface area contributed by atoms with Crippen LogP contribution in [0.5, 0.6) is 0 Å². The second kappa shape index (κ2) is 13.2. The first-order valence-corrected chi connectivity index (χ1v) is 7.22. The second-order valence-electron chi connectivity index (χ2n) is 4.93. The molecule has 0 radical (unpaired) electrons. The van der Waals surface area contributed by atoms with E-state index in [9.17, 15) is 0 Å². The van der Waals surface area contributed by atoms with E-state index in [1.54, 1.807) is 6.08 Å². The van der Waals surface area contributed by atoms with E-state index >= 15 is 0 Å². The minimum Gasteiger partial charge on any atom is -0.383 e. The van der Waals surface area contributed by atoms with E-state index in [0.717, 1.165) is 13.0 Å². The van der Waals surface area contributed by atoms with Crippen molar-refractivity contribution in [2.75, 3.05) is 27.3 Å². The predicted molar refractivity (Wildman–Crippen MR) is 80.7 cm³/mol. The van der Waals surface area contributed by atoms with Crippen LogP contribution in [0.2, 0.25) is 0 Å². The van der Waals surface area contributed by atoms with E-state index < -0.39 is 0 Å². The van der Waals surface area contributed by atoms with Crippen LogP contribution in [-0.2, 0) is 4.74 Å². The third-order valence-corrected chi connectivity index (χ3v) is 2.73. The van der Waals surface area contributed by atoms with Gasteiger partial charge in [-0.2, -0.15) is 5.26 Å². The Morgan fingerprint density at radius 2 is 1.84 bits per heavy atom. The molecule has 3 heteroatoms. The Balaban J connectivity index is 3.60. The van der Waals surface area contributed by atoms with Crippen molar-refractivity contribution in [2.24, 2.45) is 0 Å². The molecule has 0 aliphatic carbocycles. The number of hydrogen-bond acceptors (Lipinski definition) is 3. The van der Waals surface area contributed by atoms with Crippen molar-refractivity contribution in [3.63, 3.8) is 0 Å². The lowest BCUT2D eigenvalue weighted by Gasteiger charge is -2.04. The maximum absolute atomic E-state index is 8.95. The summed E-state index contributed by atoms with van der Waals surface area (Å²) < 4.78 is 5.51. The highest BCUT2D eigenvalue weighted by molar-refractivity contribution is 5.25. The fraction of sp³-hybridized carbons (Fsp3) is 0.688. The SMILES string of the molecule is CCCCCCCCOC/C(C#N)=C\C=C\N(C)C. The summed E-state index contributed by atoms with van der Waals surface area (Å²) >= 11 is 0. The largest absolute Gasteiger partial charge is 0.383 e. The maximum atomic E-state index is 8.95. The summed E-state index contributed by atoms with van der Waals surface area (Å²) in [6.45, 7) is 3.40. The van der Waals surface area contributed by atoms with Crippen LogP contribution in [0.15, 0.2) is 23.9 Å². The molecule has 0 aromatic heterocycles. The van der Waals surface area contributed by atoms with Crippen molar-refractivity contribution >= 4 is 0 Å². The molecule has 0 bridgehead atoms. The molecule has 0 saturated carbocycles. The molecule has 0 heterocycles. The average Bonchev–Trinajstić information content (AvgIpc) is 2.39. The fourth-order valence-electron chi connectivity index (χ4n) is 1.62. The molecule has 0 saturated heterocycles. The van der Waals surface area contributed by atoms with Gasteiger partial charge in [-0.1, -0.05) is 39.0 Å². The number of unbranched alkanes of at least 4 members (excludes halogenated alkanes) is 5. The van der Waals surface area contributed by atoms with Crippen LogP contribution in [0.3, 0.4) is 0 Å². The summed E-state index contributed by atoms with van der Waals surface area (Å²) in [5.74, 6) is 0. The van der Waals surface area contributed by atoms with Crippen molar-refractivity contribution in [1.82, 2.24) is 4.90 Å². The molecule has 0 rings (SSSR count). The molecule has 0 aromatic carbocycles. The molecule has 19 heavy (non-hydrogen) atoms. The number of allylic oxidation sites excluding steroid dienone is 2. The van der Waals surface area contributed by atoms with Crippen LogP contribution in [0.1, 0.15) is 45.4 Å². The van der Waals surface area contributed by atoms with Crippen molar-refractivity contribution in [2.45, 2.75) is 45.4 Å². The van der Waals surface area contributed by atoms with E-state index in [0.29, 0.717) is 12.2 Å². The quantitative estimate of drug-likeness (QED) is 0.323. The van der Waals surface area contributed by atoms with Crippen molar-refractivity contribution < 1.29 is 4.74 Å². The number of nitriles is 1. The van der Waals surface area contributed by atoms with Gasteiger partial charge in [-0.05, 0) is 24.8 Å². The summed E-state index contributed by atoms with van der Waals surface area (Å²) in [5.41, 5.74) is 0.670. The lowest BCUT2D eigenvalue weighted by molar-refractivity contribution is 0.153. The molecule has 108 valence electrons. The van der Waals surface area contributed by atoms with Crippen LogP contribution >= 0.6 is 0 Å². The van der Waals surface area contributed by atoms with Crippen LogP contribution < -0.4 is 0 Å². The first-order chi connectivity index (χ1) is 9.20. The van der Waals surface area contributed by atoms with Gasteiger partial charge in [0.25, 0.3) is 0 Å². The predicted octanol–water partition coefficient (Wildman–Crippen LogP) is 3.89. The van der Waals surface area contributed by atoms with Crippen molar-refractivity contribution in [3.8, 4) is 6.07 Å². The number of ether oxygens (including phenoxy) is 1. The van der Waals surface area contributed by atoms with Crippen LogP contribution in [0.25, 0.3) is 0 Å². The maximum Gasteiger partial charge on any atom is 0.0971 e. The molecule has 0 unspecified atom stereocenters. The molecule has 0 aliphatic rings. The second-order valence-corrected chi connectivity index (χ2v) is 4.93. The first-order valence-electron chi connectivity index (χ1n) is 7.22. The monoisotopic (exact) mass is 264 g/mol. The standard InChI is InChI=1S/C16H28N2O/c1-4-5-6-7-8-9-13-19-15-16(14-17)11-10-12-18(2)3/h10-12H,4-9,13,15H2,1-3H3/b12-10+,16-11-. The topological polar surface area (TPSA) is 36.3 Å². The third-order valence-electron chi connectivity index (χ3n) is 2.73. The average molecular weight is 264 g/mol. The molecule has 0 N–H and O–H groups in total. The summed E-state index contributed by atoms with van der Waals surface area (Å²) in [6, 6.07) is 2.16. The highest BCUT2D eigenvalue weighted by atomic mass is 16.5. The summed E-state index contributed by atoms with van der Waals surface area (Å²) in [6.07, 6.45) is 13.1. The Labute approximate surface area is 118 Å². The molecule has 0 amide bonds. The van der Waals surface area contributed by atoms with Gasteiger partial charge >= 0.3 is 0 Å². The minimum atomic E-state index is 0.420. The Hall–Kier alpha value is -1.27. The van der Waals surface area contributed by atoms with Gasteiger partial charge in [0.05, 0.1) is 18.2 Å². The zero-order chi connectivity index (χ0) is 14.3. The molecule has 0 aromatic rings. The summed E-state index contributed by atoms with van der Waals surface area (Å²) in [5, 5.41) is 8.95. The Morgan fingerprint density at radius 3 is 2.47 bits per heavy atom. The molecule has 0 atom stereocenters. The highest BCUT2D eigenvalue weighted by Gasteiger charge is 1.95. The van der Waals surface area contributed by atoms with Gasteiger partial charge in [-0.3, -0.25) is 0 Å². The van der Waals surface area contributed by atoms with E-state index in [-0.39, 0.29) is 0 Å². The van der Waals surface area contributed by atoms with Crippen LogP contribution in [-0.4, -0.2) is 32.2 Å². The minimum absolute atomic E-state index is 0.420. The Kier molecular flexibility index (Phi) is 12.3. The Morgan fingerprint density at radius 1 is 1.16 bits per heavy atom. The first kappa shape index (κ1) is 17.7. The van der Waals surface area contributed by atoms with Gasteiger partial charge in [0.2, 0.25) is 0 Å². The third kappa shape index (κ3) is 13.0. The summed E-state index contributed by atoms with van der Waals surface area (Å²) in [4.78, 5) is 1.93. The number of rotatable bonds is 11. The Bertz CT molecular complexity index is 300. The lowest BCUT2D eigenvalue weighted by Crippen LogP contribution is -2.00. The van der Waals surface area contributed by atoms with E-state index in [2.05, 4.69) is 13.0 Å². The van der Waals surface area contributed by atoms with Crippen molar-refractivity contribution in [1.29, 1.82) is 5.26 Å². The van der Waals surface area contributed by atoms with Gasteiger partial charge in [0.1, 0.15) is 0 Å².